The summed E-state index contributed by atoms with van der Waals surface area (Å²) in [4.78, 5) is 0. The maximum atomic E-state index is 2.56. The molecule has 0 aliphatic heterocycles. The largest absolute Gasteiger partial charge is 0.104 e. The highest BCUT2D eigenvalue weighted by Crippen LogP contribution is 2.42. The second-order valence-electron chi connectivity index (χ2n) is 6.41. The zero-order valence-corrected chi connectivity index (χ0v) is 14.5. The minimum Gasteiger partial charge on any atom is -0.0774 e. The summed E-state index contributed by atoms with van der Waals surface area (Å²) in [5.74, 6) is 0. The molecule has 0 bridgehead atoms. The fourth-order valence-corrected chi connectivity index (χ4v) is 7.68. The van der Waals surface area contributed by atoms with Crippen LogP contribution >= 0.6 is 0 Å². The predicted octanol–water partition coefficient (Wildman–Crippen LogP) is 5.89. The molecule has 0 aromatic carbocycles. The first kappa shape index (κ1) is 14.6. The van der Waals surface area contributed by atoms with Crippen molar-refractivity contribution in [2.24, 2.45) is 0 Å². The molecule has 0 aromatic rings. The summed E-state index contributed by atoms with van der Waals surface area (Å²) in [6, 6.07) is 0. The van der Waals surface area contributed by atoms with Gasteiger partial charge in [0, 0.05) is 0 Å². The van der Waals surface area contributed by atoms with E-state index in [-0.39, 0.29) is 0 Å². The smallest absolute Gasteiger partial charge is 0.0774 e. The van der Waals surface area contributed by atoms with Gasteiger partial charge in [0.25, 0.3) is 0 Å². The van der Waals surface area contributed by atoms with Crippen molar-refractivity contribution in [1.29, 1.82) is 0 Å². The molecule has 0 fully saturated rings. The molecule has 1 heteroatoms. The molecule has 19 heavy (non-hydrogen) atoms. The van der Waals surface area contributed by atoms with Gasteiger partial charge in [-0.3, -0.25) is 0 Å². The van der Waals surface area contributed by atoms with E-state index in [1.165, 1.54) is 25.7 Å². The van der Waals surface area contributed by atoms with Crippen molar-refractivity contribution in [3.8, 4) is 0 Å². The van der Waals surface area contributed by atoms with Crippen LogP contribution in [-0.2, 0) is 0 Å². The lowest BCUT2D eigenvalue weighted by Gasteiger charge is -2.29. The van der Waals surface area contributed by atoms with Crippen molar-refractivity contribution in [3.63, 3.8) is 0 Å². The van der Waals surface area contributed by atoms with E-state index in [2.05, 4.69) is 52.9 Å². The molecule has 0 aromatic heterocycles. The Labute approximate surface area is 120 Å². The van der Waals surface area contributed by atoms with Crippen molar-refractivity contribution < 1.29 is 0 Å². The molecule has 2 aliphatic carbocycles. The lowest BCUT2D eigenvalue weighted by atomic mass is 10.1. The monoisotopic (exact) mass is 272 g/mol. The highest BCUT2D eigenvalue weighted by atomic mass is 28.3. The zero-order chi connectivity index (χ0) is 14.2. The third-order valence-corrected chi connectivity index (χ3v) is 9.42. The molecule has 0 N–H and O–H groups in total. The van der Waals surface area contributed by atoms with Crippen molar-refractivity contribution in [2.75, 3.05) is 0 Å². The van der Waals surface area contributed by atoms with Crippen LogP contribution in [0, 0.1) is 0 Å². The summed E-state index contributed by atoms with van der Waals surface area (Å²) >= 11 is 0. The van der Waals surface area contributed by atoms with Crippen LogP contribution < -0.4 is 0 Å². The van der Waals surface area contributed by atoms with E-state index in [9.17, 15) is 0 Å². The summed E-state index contributed by atoms with van der Waals surface area (Å²) in [7, 11) is -1.42. The lowest BCUT2D eigenvalue weighted by Crippen LogP contribution is -2.33. The molecule has 0 saturated carbocycles. The zero-order valence-electron chi connectivity index (χ0n) is 13.5. The fourth-order valence-electron chi connectivity index (χ4n) is 3.90. The van der Waals surface area contributed by atoms with Crippen LogP contribution in [0.25, 0.3) is 0 Å². The first-order chi connectivity index (χ1) is 8.93. The van der Waals surface area contributed by atoms with E-state index >= 15 is 0 Å². The summed E-state index contributed by atoms with van der Waals surface area (Å²) in [5, 5.41) is 3.56. The van der Waals surface area contributed by atoms with Gasteiger partial charge in [0.2, 0.25) is 0 Å². The molecule has 0 amide bonds. The second kappa shape index (κ2) is 5.28. The van der Waals surface area contributed by atoms with Crippen molar-refractivity contribution in [2.45, 2.75) is 66.5 Å². The molecular weight excluding hydrogens is 244 g/mol. The second-order valence-corrected chi connectivity index (χ2v) is 10.9. The average molecular weight is 273 g/mol. The molecule has 0 atom stereocenters. The Morgan fingerprint density at radius 2 is 1.21 bits per heavy atom. The maximum absolute atomic E-state index is 2.56. The Kier molecular flexibility index (Phi) is 4.05. The highest BCUT2D eigenvalue weighted by molar-refractivity contribution is 6.91. The first-order valence-electron chi connectivity index (χ1n) is 7.72. The fraction of sp³-hybridized carbons (Fsp3) is 0.556. The van der Waals surface area contributed by atoms with Gasteiger partial charge < -0.3 is 0 Å². The van der Waals surface area contributed by atoms with Crippen LogP contribution in [0.3, 0.4) is 0 Å². The topological polar surface area (TPSA) is 0 Å². The van der Waals surface area contributed by atoms with Crippen molar-refractivity contribution >= 4 is 8.07 Å². The van der Waals surface area contributed by atoms with Gasteiger partial charge in [0.05, 0.1) is 0 Å². The molecule has 0 nitrogen and oxygen atoms in total. The molecule has 104 valence electrons. The van der Waals surface area contributed by atoms with Gasteiger partial charge in [-0.05, 0) is 50.7 Å². The van der Waals surface area contributed by atoms with Crippen LogP contribution in [0.2, 0.25) is 13.1 Å². The quantitative estimate of drug-likeness (QED) is 0.560. The van der Waals surface area contributed by atoms with E-state index in [0.717, 1.165) is 0 Å². The summed E-state index contributed by atoms with van der Waals surface area (Å²) in [6.45, 7) is 14.4. The van der Waals surface area contributed by atoms with Crippen molar-refractivity contribution in [3.05, 3.63) is 44.8 Å². The molecule has 0 unspecified atom stereocenters. The van der Waals surface area contributed by atoms with Gasteiger partial charge in [0.1, 0.15) is 8.07 Å². The van der Waals surface area contributed by atoms with Crippen LogP contribution in [0.5, 0.6) is 0 Å². The average Bonchev–Trinajstić information content (AvgIpc) is 2.92. The SMILES string of the molecule is CCC1=CCC([Si](C)(C)C2=C(C)C(CC)=CC2)=C1C. The van der Waals surface area contributed by atoms with E-state index in [1.54, 1.807) is 32.7 Å². The van der Waals surface area contributed by atoms with Gasteiger partial charge in [0.15, 0.2) is 0 Å². The molecule has 0 spiro atoms. The van der Waals surface area contributed by atoms with E-state index in [1.807, 2.05) is 0 Å². The number of hydrogen-bond donors (Lipinski definition) is 0. The van der Waals surface area contributed by atoms with Gasteiger partial charge in [-0.15, -0.1) is 0 Å². The van der Waals surface area contributed by atoms with E-state index in [0.29, 0.717) is 0 Å². The Bertz CT molecular complexity index is 464. The third kappa shape index (κ3) is 2.33. The van der Waals surface area contributed by atoms with Crippen molar-refractivity contribution in [1.82, 2.24) is 0 Å². The van der Waals surface area contributed by atoms with E-state index in [4.69, 9.17) is 0 Å². The standard InChI is InChI=1S/C18H28Si/c1-7-15-9-11-17(13(15)3)19(5,6)18-12-10-16(8-2)14(18)4/h9-10H,7-8,11-12H2,1-6H3. The van der Waals surface area contributed by atoms with Gasteiger partial charge >= 0.3 is 0 Å². The lowest BCUT2D eigenvalue weighted by molar-refractivity contribution is 1.11. The Morgan fingerprint density at radius 1 is 0.842 bits per heavy atom. The molecule has 0 heterocycles. The molecular formula is C18H28Si. The Morgan fingerprint density at radius 3 is 1.47 bits per heavy atom. The molecule has 0 radical (unpaired) electrons. The number of rotatable bonds is 4. The van der Waals surface area contributed by atoms with Crippen LogP contribution in [-0.4, -0.2) is 8.07 Å². The van der Waals surface area contributed by atoms with Gasteiger partial charge in [-0.25, -0.2) is 0 Å². The Hall–Kier alpha value is -0.823. The van der Waals surface area contributed by atoms with E-state index < -0.39 is 8.07 Å². The molecule has 2 rings (SSSR count). The molecule has 2 aliphatic rings. The number of allylic oxidation sites excluding steroid dienone is 8. The van der Waals surface area contributed by atoms with Gasteiger partial charge in [-0.1, -0.05) is 60.6 Å². The Balaban J connectivity index is 2.36. The minimum absolute atomic E-state index is 1.19. The predicted molar refractivity (Wildman–Crippen MR) is 88.9 cm³/mol. The molecule has 0 saturated heterocycles. The first-order valence-corrected chi connectivity index (χ1v) is 10.7. The minimum atomic E-state index is -1.42. The number of hydrogen-bond acceptors (Lipinski definition) is 0. The van der Waals surface area contributed by atoms with Gasteiger partial charge in [-0.2, -0.15) is 0 Å². The normalized spacial score (nSPS) is 20.3. The summed E-state index contributed by atoms with van der Waals surface area (Å²) in [6.07, 6.45) is 9.75. The summed E-state index contributed by atoms with van der Waals surface area (Å²) < 4.78 is 0. The maximum Gasteiger partial charge on any atom is 0.104 e. The van der Waals surface area contributed by atoms with Crippen LogP contribution in [0.4, 0.5) is 0 Å². The third-order valence-electron chi connectivity index (χ3n) is 5.24. The highest BCUT2D eigenvalue weighted by Gasteiger charge is 2.35. The van der Waals surface area contributed by atoms with Crippen LogP contribution in [0.15, 0.2) is 44.8 Å². The summed E-state index contributed by atoms with van der Waals surface area (Å²) in [5.41, 5.74) is 6.42. The van der Waals surface area contributed by atoms with Crippen LogP contribution in [0.1, 0.15) is 53.4 Å².